The fourth-order valence-corrected chi connectivity index (χ4v) is 4.96. The molecule has 40 heavy (non-hydrogen) atoms. The fraction of sp³-hybridized carbons (Fsp3) is 0.556. The van der Waals surface area contributed by atoms with Gasteiger partial charge in [-0.2, -0.15) is 0 Å². The van der Waals surface area contributed by atoms with Crippen LogP contribution in [0.1, 0.15) is 129 Å². The molecular formula is C36H52N2O2. The molecule has 1 aliphatic carbocycles. The number of nitrogens with zero attached hydrogens (tertiary/aromatic N) is 2. The first-order valence-corrected chi connectivity index (χ1v) is 14.7. The zero-order valence-corrected chi connectivity index (χ0v) is 27.0. The first-order chi connectivity index (χ1) is 18.2. The van der Waals surface area contributed by atoms with E-state index in [-0.39, 0.29) is 33.7 Å². The molecule has 0 amide bonds. The van der Waals surface area contributed by atoms with Gasteiger partial charge in [0, 0.05) is 34.7 Å². The Balaban J connectivity index is 2.00. The van der Waals surface area contributed by atoms with Gasteiger partial charge in [0.2, 0.25) is 0 Å². The van der Waals surface area contributed by atoms with E-state index in [1.54, 1.807) is 0 Å². The number of aliphatic imine (C=N–C) groups is 2. The molecule has 1 saturated carbocycles. The van der Waals surface area contributed by atoms with Gasteiger partial charge in [-0.05, 0) is 70.6 Å². The van der Waals surface area contributed by atoms with Crippen molar-refractivity contribution in [1.29, 1.82) is 0 Å². The Morgan fingerprint density at radius 3 is 1.15 bits per heavy atom. The summed E-state index contributed by atoms with van der Waals surface area (Å²) in [7, 11) is 0. The number of phenolic OH excluding ortho intramolecular Hbond substituents is 2. The molecule has 2 unspecified atom stereocenters. The SMILES string of the molecule is CC(C)(C)c1cc(C=NC2[CH]CC[CH]C2N=Cc2cc(C(C)(C)C)cc(C(C)(C)C)c2O)c(O)c(C(C)(C)C)c1. The maximum absolute atomic E-state index is 11.2. The maximum atomic E-state index is 11.2. The van der Waals surface area contributed by atoms with Gasteiger partial charge in [0.25, 0.3) is 0 Å². The average molecular weight is 545 g/mol. The number of benzene rings is 2. The molecular weight excluding hydrogens is 492 g/mol. The van der Waals surface area contributed by atoms with Crippen molar-refractivity contribution in [2.75, 3.05) is 0 Å². The molecule has 4 heteroatoms. The number of aromatic hydroxyl groups is 2. The van der Waals surface area contributed by atoms with Gasteiger partial charge in [0.15, 0.2) is 0 Å². The van der Waals surface area contributed by atoms with Crippen molar-refractivity contribution < 1.29 is 10.2 Å². The summed E-state index contributed by atoms with van der Waals surface area (Å²) in [4.78, 5) is 9.88. The highest BCUT2D eigenvalue weighted by atomic mass is 16.3. The molecule has 2 aromatic carbocycles. The summed E-state index contributed by atoms with van der Waals surface area (Å²) in [5, 5.41) is 22.4. The van der Waals surface area contributed by atoms with Crippen molar-refractivity contribution >= 4 is 12.4 Å². The van der Waals surface area contributed by atoms with Gasteiger partial charge >= 0.3 is 0 Å². The van der Waals surface area contributed by atoms with Gasteiger partial charge in [0.05, 0.1) is 12.1 Å². The smallest absolute Gasteiger partial charge is 0.128 e. The summed E-state index contributed by atoms with van der Waals surface area (Å²) in [6, 6.07) is 8.09. The van der Waals surface area contributed by atoms with Crippen LogP contribution in [0.2, 0.25) is 0 Å². The van der Waals surface area contributed by atoms with E-state index in [2.05, 4.69) is 120 Å². The molecule has 0 aromatic heterocycles. The van der Waals surface area contributed by atoms with Crippen molar-refractivity contribution in [3.05, 3.63) is 70.5 Å². The minimum absolute atomic E-state index is 0.0522. The third kappa shape index (κ3) is 7.56. The molecule has 3 rings (SSSR count). The van der Waals surface area contributed by atoms with Crippen LogP contribution in [0.4, 0.5) is 0 Å². The van der Waals surface area contributed by atoms with Crippen LogP contribution in [0.5, 0.6) is 11.5 Å². The van der Waals surface area contributed by atoms with E-state index in [9.17, 15) is 10.2 Å². The summed E-state index contributed by atoms with van der Waals surface area (Å²) < 4.78 is 0. The number of phenols is 2. The Morgan fingerprint density at radius 1 is 0.550 bits per heavy atom. The van der Waals surface area contributed by atoms with Gasteiger partial charge in [-0.1, -0.05) is 95.2 Å². The first kappa shape index (κ1) is 31.9. The van der Waals surface area contributed by atoms with Gasteiger partial charge in [0.1, 0.15) is 11.5 Å². The van der Waals surface area contributed by atoms with Crippen LogP contribution in [-0.2, 0) is 21.7 Å². The number of hydrogen-bond donors (Lipinski definition) is 2. The lowest BCUT2D eigenvalue weighted by Crippen LogP contribution is -2.28. The Hall–Kier alpha value is -2.62. The Morgan fingerprint density at radius 2 is 0.875 bits per heavy atom. The lowest BCUT2D eigenvalue weighted by Gasteiger charge is -2.28. The molecule has 2 atom stereocenters. The third-order valence-electron chi connectivity index (χ3n) is 7.73. The fourth-order valence-electron chi connectivity index (χ4n) is 4.96. The normalized spacial score (nSPS) is 19.6. The minimum Gasteiger partial charge on any atom is -0.507 e. The average Bonchev–Trinajstić information content (AvgIpc) is 2.80. The molecule has 2 N–H and O–H groups in total. The monoisotopic (exact) mass is 544 g/mol. The second-order valence-electron chi connectivity index (χ2n) is 15.5. The summed E-state index contributed by atoms with van der Waals surface area (Å²) in [5.74, 6) is 0.588. The molecule has 2 aromatic rings. The highest BCUT2D eigenvalue weighted by Gasteiger charge is 2.28. The van der Waals surface area contributed by atoms with Gasteiger partial charge in [-0.25, -0.2) is 0 Å². The van der Waals surface area contributed by atoms with Crippen LogP contribution in [0, 0.1) is 12.8 Å². The lowest BCUT2D eigenvalue weighted by atomic mass is 9.79. The summed E-state index contributed by atoms with van der Waals surface area (Å²) >= 11 is 0. The Kier molecular flexibility index (Phi) is 9.04. The molecule has 218 valence electrons. The van der Waals surface area contributed by atoms with E-state index in [0.717, 1.165) is 35.1 Å². The number of rotatable bonds is 4. The minimum atomic E-state index is -0.193. The summed E-state index contributed by atoms with van der Waals surface area (Å²) in [6.45, 7) is 25.9. The van der Waals surface area contributed by atoms with Crippen molar-refractivity contribution in [1.82, 2.24) is 0 Å². The zero-order valence-electron chi connectivity index (χ0n) is 27.0. The molecule has 0 aliphatic heterocycles. The predicted octanol–water partition coefficient (Wildman–Crippen LogP) is 8.77. The maximum Gasteiger partial charge on any atom is 0.128 e. The van der Waals surface area contributed by atoms with Crippen molar-refractivity contribution in [2.24, 2.45) is 9.98 Å². The van der Waals surface area contributed by atoms with Crippen LogP contribution < -0.4 is 0 Å². The Labute approximate surface area is 244 Å². The van der Waals surface area contributed by atoms with E-state index < -0.39 is 0 Å². The molecule has 4 nitrogen and oxygen atoms in total. The second-order valence-corrected chi connectivity index (χ2v) is 15.5. The zero-order chi connectivity index (χ0) is 30.3. The second kappa shape index (κ2) is 11.3. The molecule has 1 aliphatic rings. The Bertz CT molecular complexity index is 1160. The molecule has 0 bridgehead atoms. The van der Waals surface area contributed by atoms with Crippen LogP contribution >= 0.6 is 0 Å². The van der Waals surface area contributed by atoms with Gasteiger partial charge < -0.3 is 10.2 Å². The third-order valence-corrected chi connectivity index (χ3v) is 7.73. The van der Waals surface area contributed by atoms with E-state index in [4.69, 9.17) is 9.98 Å². The van der Waals surface area contributed by atoms with Crippen LogP contribution in [0.15, 0.2) is 34.3 Å². The topological polar surface area (TPSA) is 65.2 Å². The molecule has 0 spiro atoms. The van der Waals surface area contributed by atoms with Gasteiger partial charge in [-0.15, -0.1) is 0 Å². The van der Waals surface area contributed by atoms with E-state index in [1.807, 2.05) is 12.4 Å². The molecule has 0 saturated heterocycles. The summed E-state index contributed by atoms with van der Waals surface area (Å²) in [6.07, 6.45) is 9.93. The first-order valence-electron chi connectivity index (χ1n) is 14.7. The number of hydrogen-bond acceptors (Lipinski definition) is 4. The molecule has 2 radical (unpaired) electrons. The molecule has 1 fully saturated rings. The van der Waals surface area contributed by atoms with Gasteiger partial charge in [-0.3, -0.25) is 9.98 Å². The van der Waals surface area contributed by atoms with Crippen molar-refractivity contribution in [3.8, 4) is 11.5 Å². The standard InChI is InChI=1S/C36H52N2O2/c1-33(2,3)25-17-23(31(39)27(19-25)35(7,8)9)21-37-29-15-13-14-16-30(29)38-22-24-18-26(34(4,5)6)20-28(32(24)40)36(10,11)12/h15-22,29-30,39-40H,13-14H2,1-12H3. The van der Waals surface area contributed by atoms with E-state index in [1.165, 1.54) is 11.1 Å². The largest absolute Gasteiger partial charge is 0.507 e. The van der Waals surface area contributed by atoms with E-state index in [0.29, 0.717) is 11.5 Å². The highest BCUT2D eigenvalue weighted by Crippen LogP contribution is 2.39. The quantitative estimate of drug-likeness (QED) is 0.378. The van der Waals surface area contributed by atoms with E-state index >= 15 is 0 Å². The highest BCUT2D eigenvalue weighted by molar-refractivity contribution is 5.86. The predicted molar refractivity (Wildman–Crippen MR) is 172 cm³/mol. The van der Waals surface area contributed by atoms with Crippen molar-refractivity contribution in [2.45, 2.75) is 130 Å². The lowest BCUT2D eigenvalue weighted by molar-refractivity contribution is 0.442. The van der Waals surface area contributed by atoms with Crippen LogP contribution in [0.3, 0.4) is 0 Å². The van der Waals surface area contributed by atoms with Crippen molar-refractivity contribution in [3.63, 3.8) is 0 Å². The van der Waals surface area contributed by atoms with Crippen LogP contribution in [-0.4, -0.2) is 34.7 Å². The summed E-state index contributed by atoms with van der Waals surface area (Å²) in [5.41, 5.74) is 5.20. The van der Waals surface area contributed by atoms with Crippen LogP contribution in [0.25, 0.3) is 0 Å². The molecule has 0 heterocycles.